The van der Waals surface area contributed by atoms with Gasteiger partial charge in [-0.1, -0.05) is 6.07 Å². The van der Waals surface area contributed by atoms with Gasteiger partial charge in [0.15, 0.2) is 21.4 Å². The number of ether oxygens (including phenoxy) is 1. The van der Waals surface area contributed by atoms with Crippen molar-refractivity contribution in [3.05, 3.63) is 29.6 Å². The minimum atomic E-state index is -4.94. The molecule has 0 aliphatic carbocycles. The highest BCUT2D eigenvalue weighted by Crippen LogP contribution is 2.26. The van der Waals surface area contributed by atoms with Gasteiger partial charge in [0.05, 0.1) is 11.5 Å². The molecule has 29 heavy (non-hydrogen) atoms. The highest BCUT2D eigenvalue weighted by Gasteiger charge is 2.32. The van der Waals surface area contributed by atoms with Crippen molar-refractivity contribution in [2.75, 3.05) is 50.8 Å². The lowest BCUT2D eigenvalue weighted by Crippen LogP contribution is -2.56. The SMILES string of the molecule is Cl.O=S1(=O)CCN(C[C@H]2CNCCN2Cc2ccc(OC(F)(F)F)c(F)c2)CC1. The summed E-state index contributed by atoms with van der Waals surface area (Å²) in [4.78, 5) is 4.24. The lowest BCUT2D eigenvalue weighted by Gasteiger charge is -2.40. The first-order valence-corrected chi connectivity index (χ1v) is 10.9. The molecule has 0 spiro atoms. The van der Waals surface area contributed by atoms with Crippen molar-refractivity contribution in [2.45, 2.75) is 18.9 Å². The van der Waals surface area contributed by atoms with Crippen LogP contribution in [0.15, 0.2) is 18.2 Å². The third kappa shape index (κ3) is 7.25. The normalized spacial score (nSPS) is 23.4. The minimum absolute atomic E-state index is 0. The van der Waals surface area contributed by atoms with Crippen LogP contribution in [0.25, 0.3) is 0 Å². The Balaban J connectivity index is 0.00000300. The Morgan fingerprint density at radius 3 is 2.48 bits per heavy atom. The van der Waals surface area contributed by atoms with Crippen LogP contribution in [0.4, 0.5) is 17.6 Å². The van der Waals surface area contributed by atoms with Gasteiger partial charge in [0.1, 0.15) is 0 Å². The van der Waals surface area contributed by atoms with E-state index in [2.05, 4.69) is 19.9 Å². The first kappa shape index (κ1) is 24.1. The summed E-state index contributed by atoms with van der Waals surface area (Å²) in [7, 11) is -2.95. The molecule has 2 saturated heterocycles. The summed E-state index contributed by atoms with van der Waals surface area (Å²) in [6.45, 7) is 4.22. The molecule has 2 heterocycles. The van der Waals surface area contributed by atoms with E-state index in [1.807, 2.05) is 0 Å². The third-order valence-electron chi connectivity index (χ3n) is 4.99. The molecule has 1 aromatic carbocycles. The van der Waals surface area contributed by atoms with Gasteiger partial charge in [-0.3, -0.25) is 9.80 Å². The van der Waals surface area contributed by atoms with E-state index in [4.69, 9.17) is 0 Å². The minimum Gasteiger partial charge on any atom is -0.403 e. The molecule has 0 amide bonds. The summed E-state index contributed by atoms with van der Waals surface area (Å²) in [5.74, 6) is -1.59. The summed E-state index contributed by atoms with van der Waals surface area (Å²) in [6.07, 6.45) is -4.94. The van der Waals surface area contributed by atoms with Crippen molar-refractivity contribution in [1.82, 2.24) is 15.1 Å². The molecule has 1 aromatic rings. The summed E-state index contributed by atoms with van der Waals surface area (Å²) < 4.78 is 77.6. The smallest absolute Gasteiger partial charge is 0.403 e. The summed E-state index contributed by atoms with van der Waals surface area (Å²) in [6, 6.07) is 3.58. The average Bonchev–Trinajstić information content (AvgIpc) is 2.60. The molecule has 2 aliphatic heterocycles. The van der Waals surface area contributed by atoms with Gasteiger partial charge in [-0.15, -0.1) is 25.6 Å². The monoisotopic (exact) mass is 461 g/mol. The van der Waals surface area contributed by atoms with Crippen molar-refractivity contribution in [1.29, 1.82) is 0 Å². The van der Waals surface area contributed by atoms with E-state index in [1.54, 1.807) is 0 Å². The number of halogens is 5. The van der Waals surface area contributed by atoms with Gasteiger partial charge in [0, 0.05) is 51.9 Å². The van der Waals surface area contributed by atoms with E-state index in [0.29, 0.717) is 44.8 Å². The standard InChI is InChI=1S/C17H23F4N3O3S.ClH/c18-15-9-13(1-2-16(15)27-17(19,20)21)11-24-4-3-22-10-14(24)12-23-5-7-28(25,26)8-6-23;/h1-2,9,14,22H,3-8,10-12H2;1H/t14-;/m1./s1. The maximum atomic E-state index is 14.0. The quantitative estimate of drug-likeness (QED) is 0.673. The first-order chi connectivity index (χ1) is 13.1. The van der Waals surface area contributed by atoms with Crippen LogP contribution in [-0.4, -0.2) is 81.4 Å². The van der Waals surface area contributed by atoms with Crippen LogP contribution >= 0.6 is 12.4 Å². The molecule has 0 bridgehead atoms. The van der Waals surface area contributed by atoms with Crippen LogP contribution in [-0.2, 0) is 16.4 Å². The van der Waals surface area contributed by atoms with E-state index in [0.717, 1.165) is 18.7 Å². The van der Waals surface area contributed by atoms with Gasteiger partial charge in [-0.25, -0.2) is 12.8 Å². The number of benzene rings is 1. The van der Waals surface area contributed by atoms with Crippen molar-refractivity contribution in [3.8, 4) is 5.75 Å². The van der Waals surface area contributed by atoms with Gasteiger partial charge in [-0.2, -0.15) is 0 Å². The molecule has 0 unspecified atom stereocenters. The Kier molecular flexibility index (Phi) is 8.14. The van der Waals surface area contributed by atoms with Gasteiger partial charge < -0.3 is 10.1 Å². The molecule has 3 rings (SSSR count). The van der Waals surface area contributed by atoms with Crippen molar-refractivity contribution < 1.29 is 30.7 Å². The number of hydrogen-bond acceptors (Lipinski definition) is 6. The fourth-order valence-corrected chi connectivity index (χ4v) is 4.78. The number of rotatable bonds is 5. The third-order valence-corrected chi connectivity index (χ3v) is 6.59. The zero-order valence-electron chi connectivity index (χ0n) is 15.6. The van der Waals surface area contributed by atoms with Crippen LogP contribution < -0.4 is 10.1 Å². The highest BCUT2D eigenvalue weighted by atomic mass is 35.5. The number of alkyl halides is 3. The van der Waals surface area contributed by atoms with E-state index in [-0.39, 0.29) is 30.0 Å². The van der Waals surface area contributed by atoms with Gasteiger partial charge in [0.25, 0.3) is 0 Å². The number of piperazine rings is 1. The Morgan fingerprint density at radius 2 is 1.86 bits per heavy atom. The van der Waals surface area contributed by atoms with E-state index in [1.165, 1.54) is 6.07 Å². The molecule has 0 radical (unpaired) electrons. The molecular formula is C17H24ClF4N3O3S. The number of nitrogens with zero attached hydrogens (tertiary/aromatic N) is 2. The predicted octanol–water partition coefficient (Wildman–Crippen LogP) is 1.65. The average molecular weight is 462 g/mol. The molecule has 2 fully saturated rings. The van der Waals surface area contributed by atoms with Crippen LogP contribution in [0.5, 0.6) is 5.75 Å². The number of sulfone groups is 1. The van der Waals surface area contributed by atoms with E-state index < -0.39 is 27.8 Å². The summed E-state index contributed by atoms with van der Waals surface area (Å²) in [5.41, 5.74) is 0.556. The molecular weight excluding hydrogens is 438 g/mol. The largest absolute Gasteiger partial charge is 0.573 e. The molecule has 1 N–H and O–H groups in total. The zero-order chi connectivity index (χ0) is 20.4. The molecule has 2 aliphatic rings. The van der Waals surface area contributed by atoms with E-state index in [9.17, 15) is 26.0 Å². The fraction of sp³-hybridized carbons (Fsp3) is 0.647. The lowest BCUT2D eigenvalue weighted by molar-refractivity contribution is -0.275. The second kappa shape index (κ2) is 9.78. The first-order valence-electron chi connectivity index (χ1n) is 9.03. The van der Waals surface area contributed by atoms with Crippen LogP contribution in [0.3, 0.4) is 0 Å². The topological polar surface area (TPSA) is 61.9 Å². The molecule has 6 nitrogen and oxygen atoms in total. The van der Waals surface area contributed by atoms with Gasteiger partial charge in [0.2, 0.25) is 0 Å². The molecule has 12 heteroatoms. The predicted molar refractivity (Wildman–Crippen MR) is 102 cm³/mol. The molecule has 0 saturated carbocycles. The number of hydrogen-bond donors (Lipinski definition) is 1. The summed E-state index contributed by atoms with van der Waals surface area (Å²) >= 11 is 0. The van der Waals surface area contributed by atoms with Gasteiger partial charge >= 0.3 is 6.36 Å². The van der Waals surface area contributed by atoms with Crippen molar-refractivity contribution in [2.24, 2.45) is 0 Å². The Bertz CT molecular complexity index is 781. The Hall–Kier alpha value is -1.14. The summed E-state index contributed by atoms with van der Waals surface area (Å²) in [5, 5.41) is 3.30. The Labute approximate surface area is 173 Å². The molecule has 0 aromatic heterocycles. The highest BCUT2D eigenvalue weighted by molar-refractivity contribution is 7.91. The second-order valence-corrected chi connectivity index (χ2v) is 9.40. The van der Waals surface area contributed by atoms with Crippen LogP contribution in [0.1, 0.15) is 5.56 Å². The zero-order valence-corrected chi connectivity index (χ0v) is 17.3. The van der Waals surface area contributed by atoms with Gasteiger partial charge in [-0.05, 0) is 17.7 Å². The maximum Gasteiger partial charge on any atom is 0.573 e. The molecule has 166 valence electrons. The van der Waals surface area contributed by atoms with Crippen LogP contribution in [0.2, 0.25) is 0 Å². The maximum absolute atomic E-state index is 14.0. The van der Waals surface area contributed by atoms with Crippen molar-refractivity contribution in [3.63, 3.8) is 0 Å². The number of nitrogens with one attached hydrogen (secondary N) is 1. The Morgan fingerprint density at radius 1 is 1.17 bits per heavy atom. The van der Waals surface area contributed by atoms with E-state index >= 15 is 0 Å². The lowest BCUT2D eigenvalue weighted by atomic mass is 10.1. The molecule has 1 atom stereocenters. The fourth-order valence-electron chi connectivity index (χ4n) is 3.51. The van der Waals surface area contributed by atoms with Crippen molar-refractivity contribution >= 4 is 22.2 Å². The second-order valence-electron chi connectivity index (χ2n) is 7.09. The van der Waals surface area contributed by atoms with Crippen LogP contribution in [0, 0.1) is 5.82 Å².